The van der Waals surface area contributed by atoms with Crippen molar-refractivity contribution in [2.24, 2.45) is 0 Å². The first-order chi connectivity index (χ1) is 13.8. The smallest absolute Gasteiger partial charge is 0.250 e. The second kappa shape index (κ2) is 11.2. The SMILES string of the molecule is O=C(C=Cc1ccco1)NC(=S)NNC(=O)CCC(=O)Nc1ccc(Cl)cc1Cl. The predicted octanol–water partition coefficient (Wildman–Crippen LogP) is 3.04. The van der Waals surface area contributed by atoms with Crippen LogP contribution in [0.4, 0.5) is 5.69 Å². The van der Waals surface area contributed by atoms with Crippen LogP contribution in [0.15, 0.2) is 47.1 Å². The Morgan fingerprint density at radius 1 is 1.07 bits per heavy atom. The molecule has 0 aliphatic carbocycles. The molecular weight excluding hydrogens is 439 g/mol. The second-order valence-electron chi connectivity index (χ2n) is 5.51. The average Bonchev–Trinajstić information content (AvgIpc) is 3.19. The number of hydrazine groups is 1. The first kappa shape index (κ1) is 22.4. The van der Waals surface area contributed by atoms with Crippen LogP contribution < -0.4 is 21.5 Å². The molecule has 1 heterocycles. The number of benzene rings is 1. The molecule has 0 saturated carbocycles. The van der Waals surface area contributed by atoms with Gasteiger partial charge in [-0.1, -0.05) is 23.2 Å². The molecule has 0 fully saturated rings. The van der Waals surface area contributed by atoms with Crippen LogP contribution in [-0.4, -0.2) is 22.8 Å². The number of anilines is 1. The monoisotopic (exact) mass is 454 g/mol. The van der Waals surface area contributed by atoms with Crippen molar-refractivity contribution in [3.63, 3.8) is 0 Å². The zero-order valence-electron chi connectivity index (χ0n) is 14.8. The quantitative estimate of drug-likeness (QED) is 0.303. The van der Waals surface area contributed by atoms with E-state index in [9.17, 15) is 14.4 Å². The summed E-state index contributed by atoms with van der Waals surface area (Å²) >= 11 is 16.6. The molecule has 3 amide bonds. The van der Waals surface area contributed by atoms with Crippen LogP contribution in [0.5, 0.6) is 0 Å². The van der Waals surface area contributed by atoms with Crippen molar-refractivity contribution >= 4 is 70.0 Å². The lowest BCUT2D eigenvalue weighted by molar-refractivity contribution is -0.124. The van der Waals surface area contributed by atoms with Crippen LogP contribution in [-0.2, 0) is 14.4 Å². The van der Waals surface area contributed by atoms with Crippen molar-refractivity contribution in [3.8, 4) is 0 Å². The highest BCUT2D eigenvalue weighted by Gasteiger charge is 2.10. The number of halogens is 2. The Labute approximate surface area is 181 Å². The van der Waals surface area contributed by atoms with E-state index in [-0.39, 0.29) is 18.0 Å². The fraction of sp³-hybridized carbons (Fsp3) is 0.111. The number of nitrogens with one attached hydrogen (secondary N) is 4. The molecule has 0 spiro atoms. The molecule has 0 unspecified atom stereocenters. The lowest BCUT2D eigenvalue weighted by Crippen LogP contribution is -2.48. The third-order valence-electron chi connectivity index (χ3n) is 3.28. The van der Waals surface area contributed by atoms with Gasteiger partial charge in [0.25, 0.3) is 0 Å². The van der Waals surface area contributed by atoms with Crippen molar-refractivity contribution in [2.45, 2.75) is 12.8 Å². The summed E-state index contributed by atoms with van der Waals surface area (Å²) in [4.78, 5) is 35.4. The predicted molar refractivity (Wildman–Crippen MR) is 114 cm³/mol. The highest BCUT2D eigenvalue weighted by molar-refractivity contribution is 7.80. The van der Waals surface area contributed by atoms with Crippen LogP contribution in [0, 0.1) is 0 Å². The van der Waals surface area contributed by atoms with Crippen molar-refractivity contribution < 1.29 is 18.8 Å². The Hall–Kier alpha value is -2.88. The topological polar surface area (TPSA) is 112 Å². The normalized spacial score (nSPS) is 10.4. The van der Waals surface area contributed by atoms with Gasteiger partial charge in [-0.05, 0) is 48.6 Å². The van der Waals surface area contributed by atoms with E-state index in [1.807, 2.05) is 0 Å². The van der Waals surface area contributed by atoms with Crippen LogP contribution in [0.3, 0.4) is 0 Å². The minimum Gasteiger partial charge on any atom is -0.465 e. The third-order valence-corrected chi connectivity index (χ3v) is 4.03. The van der Waals surface area contributed by atoms with E-state index in [0.29, 0.717) is 21.5 Å². The van der Waals surface area contributed by atoms with E-state index >= 15 is 0 Å². The van der Waals surface area contributed by atoms with Crippen LogP contribution in [0.2, 0.25) is 10.0 Å². The molecule has 4 N–H and O–H groups in total. The van der Waals surface area contributed by atoms with Crippen molar-refractivity contribution in [1.82, 2.24) is 16.2 Å². The zero-order chi connectivity index (χ0) is 21.2. The first-order valence-corrected chi connectivity index (χ1v) is 9.36. The molecule has 0 radical (unpaired) electrons. The van der Waals surface area contributed by atoms with Gasteiger partial charge in [0, 0.05) is 23.9 Å². The molecule has 0 atom stereocenters. The standard InChI is InChI=1S/C18H16Cl2N4O4S/c19-11-3-5-14(13(20)10-11)21-15(25)7-8-17(27)23-24-18(29)22-16(26)6-4-12-2-1-9-28-12/h1-6,9-10H,7-8H2,(H,21,25)(H,23,27)(H2,22,24,26,29). The highest BCUT2D eigenvalue weighted by atomic mass is 35.5. The van der Waals surface area contributed by atoms with Gasteiger partial charge < -0.3 is 9.73 Å². The van der Waals surface area contributed by atoms with Gasteiger partial charge >= 0.3 is 0 Å². The molecule has 29 heavy (non-hydrogen) atoms. The maximum Gasteiger partial charge on any atom is 0.250 e. The van der Waals surface area contributed by atoms with Crippen LogP contribution >= 0.6 is 35.4 Å². The molecule has 2 rings (SSSR count). The summed E-state index contributed by atoms with van der Waals surface area (Å²) < 4.78 is 5.05. The molecule has 0 aliphatic rings. The highest BCUT2D eigenvalue weighted by Crippen LogP contribution is 2.25. The largest absolute Gasteiger partial charge is 0.465 e. The van der Waals surface area contributed by atoms with Gasteiger partial charge in [-0.15, -0.1) is 0 Å². The van der Waals surface area contributed by atoms with Gasteiger partial charge in [0.2, 0.25) is 17.7 Å². The fourth-order valence-electron chi connectivity index (χ4n) is 1.95. The average molecular weight is 455 g/mol. The van der Waals surface area contributed by atoms with E-state index in [2.05, 4.69) is 21.5 Å². The zero-order valence-corrected chi connectivity index (χ0v) is 17.2. The van der Waals surface area contributed by atoms with Crippen molar-refractivity contribution in [1.29, 1.82) is 0 Å². The summed E-state index contributed by atoms with van der Waals surface area (Å²) in [5.74, 6) is -0.897. The van der Waals surface area contributed by atoms with E-state index in [0.717, 1.165) is 0 Å². The minimum absolute atomic E-state index is 0.0858. The van der Waals surface area contributed by atoms with E-state index in [4.69, 9.17) is 39.8 Å². The van der Waals surface area contributed by atoms with Crippen LogP contribution in [0.25, 0.3) is 6.08 Å². The molecule has 2 aromatic rings. The molecule has 1 aromatic carbocycles. The Balaban J connectivity index is 1.66. The molecule has 1 aromatic heterocycles. The van der Waals surface area contributed by atoms with Crippen molar-refractivity contribution in [3.05, 3.63) is 58.5 Å². The summed E-state index contributed by atoms with van der Waals surface area (Å²) in [5, 5.41) is 5.55. The number of hydrogen-bond acceptors (Lipinski definition) is 5. The molecule has 152 valence electrons. The Morgan fingerprint density at radius 2 is 1.83 bits per heavy atom. The number of rotatable bonds is 6. The summed E-state index contributed by atoms with van der Waals surface area (Å²) in [5.41, 5.74) is 5.05. The number of carbonyl (C=O) groups excluding carboxylic acids is 3. The van der Waals surface area contributed by atoms with E-state index < -0.39 is 17.7 Å². The fourth-order valence-corrected chi connectivity index (χ4v) is 2.56. The van der Waals surface area contributed by atoms with E-state index in [1.165, 1.54) is 24.5 Å². The number of furan rings is 1. The summed E-state index contributed by atoms with van der Waals surface area (Å²) in [6.07, 6.45) is 3.96. The van der Waals surface area contributed by atoms with Gasteiger partial charge in [0.15, 0.2) is 5.11 Å². The lowest BCUT2D eigenvalue weighted by atomic mass is 10.2. The Bertz CT molecular complexity index is 932. The minimum atomic E-state index is -0.507. The Morgan fingerprint density at radius 3 is 2.52 bits per heavy atom. The summed E-state index contributed by atoms with van der Waals surface area (Å²) in [6, 6.07) is 8.00. The molecule has 8 nitrogen and oxygen atoms in total. The molecule has 0 saturated heterocycles. The first-order valence-electron chi connectivity index (χ1n) is 8.20. The van der Waals surface area contributed by atoms with Gasteiger partial charge in [-0.25, -0.2) is 0 Å². The number of thiocarbonyl (C=S) groups is 1. The van der Waals surface area contributed by atoms with Gasteiger partial charge in [0.1, 0.15) is 5.76 Å². The van der Waals surface area contributed by atoms with Gasteiger partial charge in [0.05, 0.1) is 17.0 Å². The number of carbonyl (C=O) groups is 3. The third kappa shape index (κ3) is 8.34. The lowest BCUT2D eigenvalue weighted by Gasteiger charge is -2.10. The second-order valence-corrected chi connectivity index (χ2v) is 6.76. The van der Waals surface area contributed by atoms with Gasteiger partial charge in [-0.3, -0.25) is 30.6 Å². The molecule has 11 heteroatoms. The maximum atomic E-state index is 11.9. The van der Waals surface area contributed by atoms with Gasteiger partial charge in [-0.2, -0.15) is 0 Å². The number of amides is 3. The van der Waals surface area contributed by atoms with E-state index in [1.54, 1.807) is 24.3 Å². The number of hydrogen-bond donors (Lipinski definition) is 4. The molecule has 0 aliphatic heterocycles. The molecule has 0 bridgehead atoms. The Kier molecular flexibility index (Phi) is 8.66. The van der Waals surface area contributed by atoms with Crippen LogP contribution in [0.1, 0.15) is 18.6 Å². The molecular formula is C18H16Cl2N4O4S. The maximum absolute atomic E-state index is 11.9. The summed E-state index contributed by atoms with van der Waals surface area (Å²) in [6.45, 7) is 0. The summed E-state index contributed by atoms with van der Waals surface area (Å²) in [7, 11) is 0. The van der Waals surface area contributed by atoms with Crippen molar-refractivity contribution in [2.75, 3.05) is 5.32 Å².